The Balaban J connectivity index is 1.73. The average molecular weight is 403 g/mol. The number of halogens is 1. The zero-order chi connectivity index (χ0) is 19.9. The van der Waals surface area contributed by atoms with Crippen molar-refractivity contribution in [2.75, 3.05) is 24.3 Å². The molecular weight excluding hydrogens is 384 g/mol. The van der Waals surface area contributed by atoms with Crippen molar-refractivity contribution in [1.29, 1.82) is 0 Å². The molecule has 0 aliphatic heterocycles. The summed E-state index contributed by atoms with van der Waals surface area (Å²) in [5.74, 6) is 0.489. The maximum atomic E-state index is 11.4. The van der Waals surface area contributed by atoms with Crippen LogP contribution in [0.1, 0.15) is 11.6 Å². The van der Waals surface area contributed by atoms with Crippen LogP contribution in [-0.2, 0) is 11.3 Å². The molecule has 3 aromatic rings. The molecule has 3 heterocycles. The molecule has 11 heteroatoms. The van der Waals surface area contributed by atoms with E-state index in [-0.39, 0.29) is 25.0 Å². The minimum absolute atomic E-state index is 0.107. The number of hydrogen-bond acceptors (Lipinski definition) is 8. The molecule has 0 unspecified atom stereocenters. The van der Waals surface area contributed by atoms with Gasteiger partial charge < -0.3 is 21.1 Å². The van der Waals surface area contributed by atoms with Gasteiger partial charge in [-0.1, -0.05) is 17.7 Å². The lowest BCUT2D eigenvalue weighted by molar-refractivity contribution is -0.121. The molecule has 3 aromatic heterocycles. The van der Waals surface area contributed by atoms with E-state index in [1.54, 1.807) is 37.9 Å². The smallest absolute Gasteiger partial charge is 0.241 e. The van der Waals surface area contributed by atoms with E-state index in [1.807, 2.05) is 6.07 Å². The van der Waals surface area contributed by atoms with Gasteiger partial charge in [0.15, 0.2) is 5.82 Å². The molecule has 146 valence electrons. The summed E-state index contributed by atoms with van der Waals surface area (Å²) in [5, 5.41) is 22.7. The van der Waals surface area contributed by atoms with Crippen LogP contribution in [0.25, 0.3) is 0 Å². The first-order valence-corrected chi connectivity index (χ1v) is 8.76. The molecule has 4 N–H and O–H groups in total. The molecule has 0 radical (unpaired) electrons. The highest BCUT2D eigenvalue weighted by Gasteiger charge is 2.14. The van der Waals surface area contributed by atoms with Crippen LogP contribution in [0.2, 0.25) is 5.02 Å². The fraction of sp³-hybridized carbons (Fsp3) is 0.235. The number of hydrogen-bond donors (Lipinski definition) is 4. The van der Waals surface area contributed by atoms with Crippen LogP contribution >= 0.6 is 11.6 Å². The van der Waals surface area contributed by atoms with Crippen molar-refractivity contribution < 1.29 is 9.90 Å². The minimum atomic E-state index is -0.427. The lowest BCUT2D eigenvalue weighted by atomic mass is 10.1. The second-order valence-electron chi connectivity index (χ2n) is 5.78. The summed E-state index contributed by atoms with van der Waals surface area (Å²) in [6.45, 7) is -0.0587. The van der Waals surface area contributed by atoms with Crippen molar-refractivity contribution in [1.82, 2.24) is 30.0 Å². The number of aliphatic hydroxyl groups is 1. The molecule has 10 nitrogen and oxygen atoms in total. The molecule has 0 fully saturated rings. The van der Waals surface area contributed by atoms with E-state index in [0.717, 1.165) is 5.56 Å². The van der Waals surface area contributed by atoms with E-state index in [2.05, 4.69) is 36.0 Å². The first-order valence-electron chi connectivity index (χ1n) is 8.39. The molecule has 0 saturated heterocycles. The van der Waals surface area contributed by atoms with E-state index in [1.165, 1.54) is 10.9 Å². The summed E-state index contributed by atoms with van der Waals surface area (Å²) < 4.78 is 1.49. The lowest BCUT2D eigenvalue weighted by Gasteiger charge is -2.18. The Kier molecular flexibility index (Phi) is 6.35. The Morgan fingerprint density at radius 1 is 1.36 bits per heavy atom. The van der Waals surface area contributed by atoms with E-state index in [4.69, 9.17) is 11.6 Å². The number of anilines is 3. The molecule has 0 saturated carbocycles. The topological polar surface area (TPSA) is 130 Å². The van der Waals surface area contributed by atoms with Crippen molar-refractivity contribution in [2.45, 2.75) is 12.6 Å². The van der Waals surface area contributed by atoms with Gasteiger partial charge in [-0.25, -0.2) is 4.98 Å². The summed E-state index contributed by atoms with van der Waals surface area (Å²) in [5.41, 5.74) is 1.41. The van der Waals surface area contributed by atoms with Crippen molar-refractivity contribution in [2.24, 2.45) is 0 Å². The number of nitrogens with zero attached hydrogens (tertiary/aromatic N) is 5. The highest BCUT2D eigenvalue weighted by Crippen LogP contribution is 2.25. The SMILES string of the molecule is CNC(=O)Cn1cc(Nc2ncc(Cl)c(N[C@H](CO)c3cccnc3)n2)cn1. The molecule has 0 bridgehead atoms. The Bertz CT molecular complexity index is 934. The van der Waals surface area contributed by atoms with Gasteiger partial charge in [0, 0.05) is 25.6 Å². The predicted octanol–water partition coefficient (Wildman–Crippen LogP) is 1.36. The molecule has 1 atom stereocenters. The van der Waals surface area contributed by atoms with E-state index in [9.17, 15) is 9.90 Å². The molecule has 1 amide bonds. The third kappa shape index (κ3) is 4.93. The van der Waals surface area contributed by atoms with Gasteiger partial charge in [0.25, 0.3) is 0 Å². The van der Waals surface area contributed by atoms with E-state index >= 15 is 0 Å². The Morgan fingerprint density at radius 3 is 2.93 bits per heavy atom. The number of carbonyl (C=O) groups is 1. The predicted molar refractivity (Wildman–Crippen MR) is 104 cm³/mol. The van der Waals surface area contributed by atoms with Crippen molar-refractivity contribution >= 4 is 35.0 Å². The number of likely N-dealkylation sites (N-methyl/N-ethyl adjacent to an activating group) is 1. The molecule has 0 aliphatic carbocycles. The normalized spacial score (nSPS) is 11.7. The molecule has 28 heavy (non-hydrogen) atoms. The fourth-order valence-corrected chi connectivity index (χ4v) is 2.53. The number of rotatable bonds is 8. The Morgan fingerprint density at radius 2 is 2.21 bits per heavy atom. The number of pyridine rings is 1. The van der Waals surface area contributed by atoms with Crippen LogP contribution in [-0.4, -0.2) is 49.4 Å². The van der Waals surface area contributed by atoms with Crippen LogP contribution in [0.4, 0.5) is 17.5 Å². The zero-order valence-electron chi connectivity index (χ0n) is 15.0. The standard InChI is InChI=1S/C17H19ClN8O2/c1-19-15(28)9-26-8-12(6-22-26)23-17-21-7-13(18)16(25-17)24-14(10-27)11-3-2-4-20-5-11/h2-8,14,27H,9-10H2,1H3,(H,19,28)(H2,21,23,24,25)/t14-/m1/s1. The number of aromatic nitrogens is 5. The third-order valence-electron chi connectivity index (χ3n) is 3.80. The molecule has 0 aliphatic rings. The van der Waals surface area contributed by atoms with Gasteiger partial charge >= 0.3 is 0 Å². The monoisotopic (exact) mass is 402 g/mol. The fourth-order valence-electron chi connectivity index (χ4n) is 2.38. The first kappa shape index (κ1) is 19.5. The minimum Gasteiger partial charge on any atom is -0.394 e. The van der Waals surface area contributed by atoms with Gasteiger partial charge in [0.05, 0.1) is 30.7 Å². The number of carbonyl (C=O) groups excluding carboxylic acids is 1. The quantitative estimate of drug-likeness (QED) is 0.444. The second kappa shape index (κ2) is 9.11. The zero-order valence-corrected chi connectivity index (χ0v) is 15.8. The molecule has 0 spiro atoms. The molecule has 0 aromatic carbocycles. The molecule has 3 rings (SSSR count). The van der Waals surface area contributed by atoms with Crippen molar-refractivity contribution in [3.63, 3.8) is 0 Å². The van der Waals surface area contributed by atoms with E-state index < -0.39 is 6.04 Å². The van der Waals surface area contributed by atoms with Crippen LogP contribution in [0.3, 0.4) is 0 Å². The Labute approximate surface area is 166 Å². The maximum absolute atomic E-state index is 11.4. The van der Waals surface area contributed by atoms with Gasteiger partial charge in [-0.15, -0.1) is 0 Å². The summed E-state index contributed by atoms with van der Waals surface area (Å²) in [6.07, 6.45) is 7.98. The number of nitrogens with one attached hydrogen (secondary N) is 3. The van der Waals surface area contributed by atoms with Crippen LogP contribution in [0.5, 0.6) is 0 Å². The number of amides is 1. The van der Waals surface area contributed by atoms with Crippen molar-refractivity contribution in [3.05, 3.63) is 53.7 Å². The third-order valence-corrected chi connectivity index (χ3v) is 4.07. The summed E-state index contributed by atoms with van der Waals surface area (Å²) in [4.78, 5) is 24.0. The van der Waals surface area contributed by atoms with Crippen LogP contribution in [0.15, 0.2) is 43.1 Å². The van der Waals surface area contributed by atoms with Crippen LogP contribution in [0, 0.1) is 0 Å². The first-order chi connectivity index (χ1) is 13.6. The van der Waals surface area contributed by atoms with Gasteiger partial charge in [0.1, 0.15) is 11.6 Å². The van der Waals surface area contributed by atoms with Gasteiger partial charge in [-0.2, -0.15) is 10.1 Å². The summed E-state index contributed by atoms with van der Waals surface area (Å²) in [6, 6.07) is 3.20. The highest BCUT2D eigenvalue weighted by atomic mass is 35.5. The largest absolute Gasteiger partial charge is 0.394 e. The number of aliphatic hydroxyl groups excluding tert-OH is 1. The Hall–Kier alpha value is -3.24. The molecular formula is C17H19ClN8O2. The van der Waals surface area contributed by atoms with Crippen molar-refractivity contribution in [3.8, 4) is 0 Å². The maximum Gasteiger partial charge on any atom is 0.241 e. The highest BCUT2D eigenvalue weighted by molar-refractivity contribution is 6.32. The van der Waals surface area contributed by atoms with Gasteiger partial charge in [-0.05, 0) is 11.6 Å². The van der Waals surface area contributed by atoms with Crippen LogP contribution < -0.4 is 16.0 Å². The van der Waals surface area contributed by atoms with Gasteiger partial charge in [0.2, 0.25) is 11.9 Å². The van der Waals surface area contributed by atoms with E-state index in [0.29, 0.717) is 16.5 Å². The average Bonchev–Trinajstić information content (AvgIpc) is 3.15. The summed E-state index contributed by atoms with van der Waals surface area (Å²) in [7, 11) is 1.56. The van der Waals surface area contributed by atoms with Gasteiger partial charge in [-0.3, -0.25) is 14.5 Å². The second-order valence-corrected chi connectivity index (χ2v) is 6.19. The lowest BCUT2D eigenvalue weighted by Crippen LogP contribution is -2.23. The summed E-state index contributed by atoms with van der Waals surface area (Å²) >= 11 is 6.19.